The molecule has 0 amide bonds. The highest BCUT2D eigenvalue weighted by molar-refractivity contribution is 7.07. The van der Waals surface area contributed by atoms with Crippen LogP contribution in [0.3, 0.4) is 0 Å². The molecule has 8 aromatic carbocycles. The summed E-state index contributed by atoms with van der Waals surface area (Å²) < 4.78 is 0. The van der Waals surface area contributed by atoms with Crippen molar-refractivity contribution in [1.29, 1.82) is 0 Å². The second kappa shape index (κ2) is 11.5. The molecule has 0 saturated heterocycles. The van der Waals surface area contributed by atoms with Gasteiger partial charge in [0.25, 0.3) is 20.1 Å². The van der Waals surface area contributed by atoms with Crippen molar-refractivity contribution < 1.29 is 0 Å². The Kier molecular flexibility index (Phi) is 6.08. The van der Waals surface area contributed by atoms with E-state index in [1.54, 1.807) is 0 Å². The first-order valence-electron chi connectivity index (χ1n) is 21.3. The van der Waals surface area contributed by atoms with Gasteiger partial charge in [-0.3, -0.25) is 4.98 Å². The summed E-state index contributed by atoms with van der Waals surface area (Å²) in [7, 11) is 0. The molecule has 6 aliphatic rings. The summed E-state index contributed by atoms with van der Waals surface area (Å²) >= 11 is 0. The molecule has 15 rings (SSSR count). The maximum absolute atomic E-state index is 6.24. The number of rotatable bonds is 2. The molecular weight excluding hydrogens is 739 g/mol. The monoisotopic (exact) mass is 771 g/mol. The minimum atomic E-state index is -0.0806. The molecule has 7 heterocycles. The van der Waals surface area contributed by atoms with Crippen molar-refractivity contribution in [3.8, 4) is 0 Å². The highest BCUT2D eigenvalue weighted by atomic mass is 15.2. The van der Waals surface area contributed by atoms with Crippen LogP contribution in [0.4, 0.5) is 68.2 Å². The fraction of sp³-hybridized carbons (Fsp3) is 0. The van der Waals surface area contributed by atoms with Gasteiger partial charge in [0, 0.05) is 68.1 Å². The van der Waals surface area contributed by atoms with Crippen LogP contribution in [0.1, 0.15) is 0 Å². The highest BCUT2D eigenvalue weighted by Gasteiger charge is 2.55. The van der Waals surface area contributed by atoms with Gasteiger partial charge in [-0.15, -0.1) is 0 Å². The van der Waals surface area contributed by atoms with Crippen LogP contribution in [0.2, 0.25) is 0 Å². The van der Waals surface area contributed by atoms with E-state index in [2.05, 4.69) is 214 Å². The van der Waals surface area contributed by atoms with Gasteiger partial charge in [0.1, 0.15) is 0 Å². The van der Waals surface area contributed by atoms with Gasteiger partial charge in [0.05, 0.1) is 11.4 Å². The normalized spacial score (nSPS) is 14.7. The predicted molar refractivity (Wildman–Crippen MR) is 257 cm³/mol. The first-order valence-corrected chi connectivity index (χ1v) is 21.3. The van der Waals surface area contributed by atoms with Crippen LogP contribution >= 0.6 is 0 Å². The standard InChI is InChI=1S/C53H32B3N5/c1-3-17-33(18-4-1)58-39-25-11-9-23-37(39)55-47-43(58)29-15-31-45(47)60-41-27-13-7-21-35(41)54-36-22-8-14-28-42(36)61-46-32-16-30-44-48(46)56(53-51(61)49(54)50(60)52(55)57-53)38-24-10-12-26-40(38)59(44)34-19-5-2-6-20-34/h1-32H. The van der Waals surface area contributed by atoms with Gasteiger partial charge < -0.3 is 19.6 Å². The molecular formula is C53H32B3N5. The summed E-state index contributed by atoms with van der Waals surface area (Å²) in [5.74, 6) is 0. The van der Waals surface area contributed by atoms with E-state index >= 15 is 0 Å². The second-order valence-corrected chi connectivity index (χ2v) is 17.0. The van der Waals surface area contributed by atoms with Crippen LogP contribution in [0.15, 0.2) is 194 Å². The molecule has 0 bridgehead atoms. The topological polar surface area (TPSA) is 25.9 Å². The number of hydrogen-bond acceptors (Lipinski definition) is 5. The first kappa shape index (κ1) is 32.2. The summed E-state index contributed by atoms with van der Waals surface area (Å²) in [4.78, 5) is 16.3. The van der Waals surface area contributed by atoms with Crippen molar-refractivity contribution in [2.45, 2.75) is 0 Å². The molecule has 0 atom stereocenters. The lowest BCUT2D eigenvalue weighted by molar-refractivity contribution is 1.21. The smallest absolute Gasteiger partial charge is 0.275 e. The van der Waals surface area contributed by atoms with E-state index in [4.69, 9.17) is 4.98 Å². The van der Waals surface area contributed by atoms with Gasteiger partial charge in [-0.05, 0) is 111 Å². The second-order valence-electron chi connectivity index (χ2n) is 17.0. The van der Waals surface area contributed by atoms with Crippen LogP contribution in [0.25, 0.3) is 0 Å². The molecule has 8 heteroatoms. The van der Waals surface area contributed by atoms with Crippen molar-refractivity contribution in [2.24, 2.45) is 0 Å². The third-order valence-electron chi connectivity index (χ3n) is 14.2. The predicted octanol–water partition coefficient (Wildman–Crippen LogP) is 6.39. The zero-order chi connectivity index (χ0) is 39.5. The minimum Gasteiger partial charge on any atom is -0.311 e. The molecule has 5 nitrogen and oxygen atoms in total. The van der Waals surface area contributed by atoms with E-state index in [0.717, 1.165) is 22.6 Å². The lowest BCUT2D eigenvalue weighted by atomic mass is 9.27. The van der Waals surface area contributed by atoms with Crippen molar-refractivity contribution in [3.63, 3.8) is 0 Å². The number of anilines is 12. The van der Waals surface area contributed by atoms with Gasteiger partial charge >= 0.3 is 0 Å². The number of benzene rings is 8. The Morgan fingerprint density at radius 2 is 0.574 bits per heavy atom. The SMILES string of the molecule is c1ccc(N2c3ccccc3B3c4nc5c6c7c4N(c4ccccc4B7c4ccccc4N6c4cccc6c4B5c4ccccc4N6c4ccccc4)c4cccc2c43)cc1. The minimum absolute atomic E-state index is 0.0270. The number of fused-ring (bicyclic) bond motifs is 14. The van der Waals surface area contributed by atoms with Crippen molar-refractivity contribution >= 4 is 138 Å². The number of aromatic nitrogens is 1. The van der Waals surface area contributed by atoms with Crippen molar-refractivity contribution in [3.05, 3.63) is 194 Å². The average Bonchev–Trinajstić information content (AvgIpc) is 3.33. The lowest BCUT2D eigenvalue weighted by Gasteiger charge is -2.52. The van der Waals surface area contributed by atoms with E-state index in [0.29, 0.717) is 0 Å². The van der Waals surface area contributed by atoms with Crippen LogP contribution in [0.5, 0.6) is 0 Å². The summed E-state index contributed by atoms with van der Waals surface area (Å²) in [5, 5.41) is 0. The average molecular weight is 771 g/mol. The van der Waals surface area contributed by atoms with E-state index in [1.807, 2.05) is 0 Å². The molecule has 9 aromatic rings. The molecule has 0 aliphatic carbocycles. The molecule has 0 unspecified atom stereocenters. The zero-order valence-electron chi connectivity index (χ0n) is 32.9. The molecule has 0 saturated carbocycles. The van der Waals surface area contributed by atoms with Crippen molar-refractivity contribution in [2.75, 3.05) is 19.6 Å². The summed E-state index contributed by atoms with van der Waals surface area (Å²) in [6.07, 6.45) is 0. The number of hydrogen-bond donors (Lipinski definition) is 0. The van der Waals surface area contributed by atoms with Gasteiger partial charge in [0.2, 0.25) is 0 Å². The third kappa shape index (κ3) is 3.90. The Labute approximate surface area is 355 Å². The maximum Gasteiger partial charge on any atom is 0.275 e. The first-order chi connectivity index (χ1) is 30.3. The zero-order valence-corrected chi connectivity index (χ0v) is 32.9. The van der Waals surface area contributed by atoms with Gasteiger partial charge in [-0.25, -0.2) is 0 Å². The molecule has 61 heavy (non-hydrogen) atoms. The molecule has 0 spiro atoms. The quantitative estimate of drug-likeness (QED) is 0.190. The Balaban J connectivity index is 1.11. The molecule has 0 N–H and O–H groups in total. The third-order valence-corrected chi connectivity index (χ3v) is 14.2. The van der Waals surface area contributed by atoms with Crippen LogP contribution in [0, 0.1) is 0 Å². The molecule has 278 valence electrons. The van der Waals surface area contributed by atoms with Gasteiger partial charge in [-0.2, -0.15) is 0 Å². The van der Waals surface area contributed by atoms with E-state index < -0.39 is 0 Å². The van der Waals surface area contributed by atoms with Gasteiger partial charge in [-0.1, -0.05) is 121 Å². The van der Waals surface area contributed by atoms with Crippen LogP contribution in [-0.4, -0.2) is 25.1 Å². The fourth-order valence-corrected chi connectivity index (χ4v) is 12.0. The summed E-state index contributed by atoms with van der Waals surface area (Å²) in [5.41, 5.74) is 25.9. The van der Waals surface area contributed by atoms with E-state index in [-0.39, 0.29) is 20.1 Å². The fourth-order valence-electron chi connectivity index (χ4n) is 12.0. The van der Waals surface area contributed by atoms with Gasteiger partial charge in [0.15, 0.2) is 0 Å². The maximum atomic E-state index is 6.24. The van der Waals surface area contributed by atoms with Crippen molar-refractivity contribution in [1.82, 2.24) is 4.98 Å². The molecule has 0 fully saturated rings. The Morgan fingerprint density at radius 3 is 0.984 bits per heavy atom. The summed E-state index contributed by atoms with van der Waals surface area (Å²) in [6, 6.07) is 71.9. The Hall–Kier alpha value is -7.70. The number of nitrogens with zero attached hydrogens (tertiary/aromatic N) is 5. The Bertz CT molecular complexity index is 3170. The summed E-state index contributed by atoms with van der Waals surface area (Å²) in [6.45, 7) is -0.134. The highest BCUT2D eigenvalue weighted by Crippen LogP contribution is 2.49. The lowest BCUT2D eigenvalue weighted by Crippen LogP contribution is -2.73. The number of pyridine rings is 1. The van der Waals surface area contributed by atoms with Crippen LogP contribution in [-0.2, 0) is 0 Å². The largest absolute Gasteiger partial charge is 0.311 e. The van der Waals surface area contributed by atoms with Crippen LogP contribution < -0.4 is 69.0 Å². The van der Waals surface area contributed by atoms with E-state index in [9.17, 15) is 0 Å². The molecule has 0 radical (unpaired) electrons. The Morgan fingerprint density at radius 1 is 0.262 bits per heavy atom. The molecule has 1 aromatic heterocycles. The number of para-hydroxylation sites is 6. The van der Waals surface area contributed by atoms with E-state index in [1.165, 1.54) is 95.1 Å². The molecule has 6 aliphatic heterocycles.